The van der Waals surface area contributed by atoms with Crippen LogP contribution in [0, 0.1) is 11.3 Å². The molecule has 0 radical (unpaired) electrons. The van der Waals surface area contributed by atoms with Gasteiger partial charge in [0.2, 0.25) is 0 Å². The summed E-state index contributed by atoms with van der Waals surface area (Å²) < 4.78 is 5.17. The van der Waals surface area contributed by atoms with Crippen molar-refractivity contribution in [1.29, 1.82) is 5.26 Å². The van der Waals surface area contributed by atoms with Crippen LogP contribution in [0.1, 0.15) is 5.56 Å². The number of aromatic nitrogens is 1. The number of nitriles is 1. The van der Waals surface area contributed by atoms with Crippen molar-refractivity contribution in [3.63, 3.8) is 0 Å². The normalized spacial score (nSPS) is 10.3. The first-order valence-corrected chi connectivity index (χ1v) is 6.75. The summed E-state index contributed by atoms with van der Waals surface area (Å²) in [6.45, 7) is 0. The minimum Gasteiger partial charge on any atom is -0.497 e. The SMILES string of the molecule is COc1ccc(-c2c(C#N)c(Cl)nc3ccccc23)cc1. The van der Waals surface area contributed by atoms with Gasteiger partial charge >= 0.3 is 0 Å². The van der Waals surface area contributed by atoms with E-state index in [0.29, 0.717) is 5.56 Å². The van der Waals surface area contributed by atoms with Gasteiger partial charge in [0.25, 0.3) is 0 Å². The standard InChI is InChI=1S/C17H11ClN2O/c1-21-12-8-6-11(7-9-12)16-13-4-2-3-5-15(13)20-17(18)14(16)10-19/h2-9H,1H3. The number of rotatable bonds is 2. The van der Waals surface area contributed by atoms with Gasteiger partial charge in [-0.1, -0.05) is 41.9 Å². The van der Waals surface area contributed by atoms with E-state index in [0.717, 1.165) is 27.8 Å². The Morgan fingerprint density at radius 2 is 1.81 bits per heavy atom. The molecule has 0 fully saturated rings. The van der Waals surface area contributed by atoms with Gasteiger partial charge in [0, 0.05) is 10.9 Å². The highest BCUT2D eigenvalue weighted by Gasteiger charge is 2.15. The lowest BCUT2D eigenvalue weighted by molar-refractivity contribution is 0.415. The highest BCUT2D eigenvalue weighted by atomic mass is 35.5. The minimum absolute atomic E-state index is 0.224. The van der Waals surface area contributed by atoms with Crippen LogP contribution < -0.4 is 4.74 Å². The summed E-state index contributed by atoms with van der Waals surface area (Å²) in [6.07, 6.45) is 0. The molecule has 3 rings (SSSR count). The molecule has 1 aromatic heterocycles. The molecule has 0 saturated heterocycles. The summed E-state index contributed by atoms with van der Waals surface area (Å²) in [5.41, 5.74) is 2.87. The number of nitrogens with zero attached hydrogens (tertiary/aromatic N) is 2. The lowest BCUT2D eigenvalue weighted by atomic mass is 9.97. The molecule has 0 amide bonds. The summed E-state index contributed by atoms with van der Waals surface area (Å²) in [4.78, 5) is 4.28. The molecule has 0 atom stereocenters. The number of para-hydroxylation sites is 1. The van der Waals surface area contributed by atoms with Crippen LogP contribution in [0.5, 0.6) is 5.75 Å². The van der Waals surface area contributed by atoms with Crippen molar-refractivity contribution in [1.82, 2.24) is 4.98 Å². The second-order valence-electron chi connectivity index (χ2n) is 4.51. The molecule has 0 spiro atoms. The Morgan fingerprint density at radius 1 is 1.10 bits per heavy atom. The molecule has 0 aliphatic heterocycles. The Bertz CT molecular complexity index is 851. The molecule has 3 nitrogen and oxygen atoms in total. The largest absolute Gasteiger partial charge is 0.497 e. The fraction of sp³-hybridized carbons (Fsp3) is 0.0588. The van der Waals surface area contributed by atoms with E-state index < -0.39 is 0 Å². The molecule has 102 valence electrons. The summed E-state index contributed by atoms with van der Waals surface area (Å²) in [7, 11) is 1.62. The van der Waals surface area contributed by atoms with Gasteiger partial charge in [0.05, 0.1) is 18.2 Å². The first-order chi connectivity index (χ1) is 10.2. The average molecular weight is 295 g/mol. The highest BCUT2D eigenvalue weighted by molar-refractivity contribution is 6.31. The predicted molar refractivity (Wildman–Crippen MR) is 83.5 cm³/mol. The zero-order valence-corrected chi connectivity index (χ0v) is 12.1. The molecular weight excluding hydrogens is 284 g/mol. The second-order valence-corrected chi connectivity index (χ2v) is 4.87. The van der Waals surface area contributed by atoms with Crippen LogP contribution in [0.3, 0.4) is 0 Å². The molecule has 0 unspecified atom stereocenters. The molecule has 0 aliphatic rings. The fourth-order valence-corrected chi connectivity index (χ4v) is 2.57. The molecular formula is C17H11ClN2O. The van der Waals surface area contributed by atoms with Gasteiger partial charge in [-0.15, -0.1) is 0 Å². The maximum Gasteiger partial charge on any atom is 0.148 e. The van der Waals surface area contributed by atoms with Crippen LogP contribution in [0.15, 0.2) is 48.5 Å². The van der Waals surface area contributed by atoms with Gasteiger partial charge < -0.3 is 4.74 Å². The van der Waals surface area contributed by atoms with Gasteiger partial charge in [0.15, 0.2) is 0 Å². The lowest BCUT2D eigenvalue weighted by Crippen LogP contribution is -1.93. The molecule has 2 aromatic carbocycles. The summed E-state index contributed by atoms with van der Waals surface area (Å²) in [6, 6.07) is 17.4. The first-order valence-electron chi connectivity index (χ1n) is 6.37. The zero-order valence-electron chi connectivity index (χ0n) is 11.3. The quantitative estimate of drug-likeness (QED) is 0.657. The Morgan fingerprint density at radius 3 is 2.48 bits per heavy atom. The topological polar surface area (TPSA) is 45.9 Å². The van der Waals surface area contributed by atoms with Crippen molar-refractivity contribution < 1.29 is 4.74 Å². The van der Waals surface area contributed by atoms with Crippen molar-refractivity contribution in [3.8, 4) is 22.9 Å². The van der Waals surface area contributed by atoms with E-state index in [1.807, 2.05) is 48.5 Å². The van der Waals surface area contributed by atoms with Gasteiger partial charge in [-0.25, -0.2) is 4.98 Å². The zero-order chi connectivity index (χ0) is 14.8. The monoisotopic (exact) mass is 294 g/mol. The molecule has 1 heterocycles. The van der Waals surface area contributed by atoms with E-state index in [9.17, 15) is 5.26 Å². The third-order valence-corrected chi connectivity index (χ3v) is 3.61. The molecule has 3 aromatic rings. The maximum atomic E-state index is 9.42. The van der Waals surface area contributed by atoms with Gasteiger partial charge in [0.1, 0.15) is 17.0 Å². The molecule has 4 heteroatoms. The van der Waals surface area contributed by atoms with Crippen LogP contribution in [-0.2, 0) is 0 Å². The molecule has 0 N–H and O–H groups in total. The Labute approximate surface area is 127 Å². The number of halogens is 1. The molecule has 0 saturated carbocycles. The number of benzene rings is 2. The fourth-order valence-electron chi connectivity index (χ4n) is 2.34. The van der Waals surface area contributed by atoms with E-state index in [4.69, 9.17) is 16.3 Å². The van der Waals surface area contributed by atoms with E-state index in [1.54, 1.807) is 7.11 Å². The Balaban J connectivity index is 2.35. The number of hydrogen-bond donors (Lipinski definition) is 0. The molecule has 0 bridgehead atoms. The Kier molecular flexibility index (Phi) is 3.47. The van der Waals surface area contributed by atoms with Crippen LogP contribution in [0.4, 0.5) is 0 Å². The van der Waals surface area contributed by atoms with Crippen LogP contribution in [0.2, 0.25) is 5.15 Å². The van der Waals surface area contributed by atoms with E-state index >= 15 is 0 Å². The van der Waals surface area contributed by atoms with E-state index in [1.165, 1.54) is 0 Å². The van der Waals surface area contributed by atoms with Crippen LogP contribution in [0.25, 0.3) is 22.0 Å². The van der Waals surface area contributed by atoms with E-state index in [2.05, 4.69) is 11.1 Å². The van der Waals surface area contributed by atoms with Gasteiger partial charge in [-0.05, 0) is 23.8 Å². The van der Waals surface area contributed by atoms with Crippen LogP contribution >= 0.6 is 11.6 Å². The first kappa shape index (κ1) is 13.4. The smallest absolute Gasteiger partial charge is 0.148 e. The third-order valence-electron chi connectivity index (χ3n) is 3.34. The van der Waals surface area contributed by atoms with Crippen molar-refractivity contribution in [2.45, 2.75) is 0 Å². The molecule has 21 heavy (non-hydrogen) atoms. The maximum absolute atomic E-state index is 9.42. The van der Waals surface area contributed by atoms with Crippen LogP contribution in [-0.4, -0.2) is 12.1 Å². The number of pyridine rings is 1. The average Bonchev–Trinajstić information content (AvgIpc) is 2.53. The van der Waals surface area contributed by atoms with Crippen molar-refractivity contribution in [2.75, 3.05) is 7.11 Å². The van der Waals surface area contributed by atoms with Crippen molar-refractivity contribution >= 4 is 22.5 Å². The predicted octanol–water partition coefficient (Wildman–Crippen LogP) is 4.44. The third kappa shape index (κ3) is 2.31. The minimum atomic E-state index is 0.224. The number of hydrogen-bond acceptors (Lipinski definition) is 3. The summed E-state index contributed by atoms with van der Waals surface area (Å²) >= 11 is 6.16. The second kappa shape index (κ2) is 5.43. The van der Waals surface area contributed by atoms with Gasteiger partial charge in [-0.3, -0.25) is 0 Å². The molecule has 0 aliphatic carbocycles. The number of ether oxygens (including phenoxy) is 1. The summed E-state index contributed by atoms with van der Waals surface area (Å²) in [5, 5.41) is 10.6. The Hall–Kier alpha value is -2.57. The lowest BCUT2D eigenvalue weighted by Gasteiger charge is -2.10. The van der Waals surface area contributed by atoms with E-state index in [-0.39, 0.29) is 5.15 Å². The number of fused-ring (bicyclic) bond motifs is 1. The van der Waals surface area contributed by atoms with Gasteiger partial charge in [-0.2, -0.15) is 5.26 Å². The number of methoxy groups -OCH3 is 1. The highest BCUT2D eigenvalue weighted by Crippen LogP contribution is 2.35. The summed E-state index contributed by atoms with van der Waals surface area (Å²) in [5.74, 6) is 0.765. The van der Waals surface area contributed by atoms with Crippen molar-refractivity contribution in [3.05, 3.63) is 59.2 Å². The van der Waals surface area contributed by atoms with Crippen molar-refractivity contribution in [2.24, 2.45) is 0 Å².